The van der Waals surface area contributed by atoms with Crippen LogP contribution in [0.1, 0.15) is 12.8 Å². The van der Waals surface area contributed by atoms with E-state index in [0.29, 0.717) is 0 Å². The lowest BCUT2D eigenvalue weighted by atomic mass is 10.2. The lowest BCUT2D eigenvalue weighted by molar-refractivity contribution is 0.196. The molecule has 0 saturated carbocycles. The van der Waals surface area contributed by atoms with Gasteiger partial charge in [0.2, 0.25) is 0 Å². The minimum atomic E-state index is -2.71. The zero-order valence-electron chi connectivity index (χ0n) is 18.9. The van der Waals surface area contributed by atoms with Crippen molar-refractivity contribution in [3.63, 3.8) is 0 Å². The van der Waals surface area contributed by atoms with Gasteiger partial charge in [-0.1, -0.05) is 138 Å². The van der Waals surface area contributed by atoms with Crippen LogP contribution >= 0.6 is 0 Å². The summed E-state index contributed by atoms with van der Waals surface area (Å²) in [4.78, 5) is 0. The third-order valence-electron chi connectivity index (χ3n) is 7.11. The molecule has 4 aromatic rings. The first kappa shape index (κ1) is 21.8. The second-order valence-corrected chi connectivity index (χ2v) is 19.7. The molecule has 0 amide bonds. The van der Waals surface area contributed by atoms with E-state index in [2.05, 4.69) is 128 Å². The molecule has 5 rings (SSSR count). The maximum Gasteiger partial charge on any atom is 0.251 e. The number of hydrogen-bond acceptors (Lipinski definition) is 1. The first-order valence-corrected chi connectivity index (χ1v) is 16.9. The SMILES string of the molecule is C=CCC1CC[Si](c2ccccc2)(c2ccccc2)[Si](c2ccccc2)(c2ccccc2)O1. The molecule has 1 unspecified atom stereocenters. The zero-order valence-corrected chi connectivity index (χ0v) is 20.9. The van der Waals surface area contributed by atoms with Crippen LogP contribution in [0.2, 0.25) is 6.04 Å². The molecule has 1 fully saturated rings. The van der Waals surface area contributed by atoms with E-state index in [0.717, 1.165) is 12.8 Å². The van der Waals surface area contributed by atoms with E-state index in [1.54, 1.807) is 0 Å². The van der Waals surface area contributed by atoms with E-state index < -0.39 is 15.4 Å². The normalized spacial score (nSPS) is 19.0. The molecule has 0 spiro atoms. The van der Waals surface area contributed by atoms with Crippen molar-refractivity contribution in [2.75, 3.05) is 0 Å². The fraction of sp³-hybridized carbons (Fsp3) is 0.133. The molecule has 4 aromatic carbocycles. The smallest absolute Gasteiger partial charge is 0.251 e. The molecule has 1 nitrogen and oxygen atoms in total. The van der Waals surface area contributed by atoms with E-state index in [1.165, 1.54) is 26.8 Å². The molecular weight excluding hydrogens is 433 g/mol. The van der Waals surface area contributed by atoms with Crippen LogP contribution in [-0.4, -0.2) is 21.5 Å². The summed E-state index contributed by atoms with van der Waals surface area (Å²) in [6, 6.07) is 46.0. The Morgan fingerprint density at radius 3 is 1.42 bits per heavy atom. The molecule has 3 heteroatoms. The fourth-order valence-corrected chi connectivity index (χ4v) is 23.9. The summed E-state index contributed by atoms with van der Waals surface area (Å²) in [5.41, 5.74) is 0. The Morgan fingerprint density at radius 1 is 0.636 bits per heavy atom. The summed E-state index contributed by atoms with van der Waals surface area (Å²) in [5.74, 6) is 0. The third kappa shape index (κ3) is 3.66. The molecule has 33 heavy (non-hydrogen) atoms. The average Bonchev–Trinajstić information content (AvgIpc) is 2.91. The third-order valence-corrected chi connectivity index (χ3v) is 23.1. The highest BCUT2D eigenvalue weighted by molar-refractivity contribution is 7.57. The highest BCUT2D eigenvalue weighted by Crippen LogP contribution is 2.35. The Morgan fingerprint density at radius 2 is 1.03 bits per heavy atom. The van der Waals surface area contributed by atoms with E-state index in [4.69, 9.17) is 4.43 Å². The van der Waals surface area contributed by atoms with Crippen molar-refractivity contribution in [2.24, 2.45) is 0 Å². The van der Waals surface area contributed by atoms with E-state index in [9.17, 15) is 0 Å². The lowest BCUT2D eigenvalue weighted by Crippen LogP contribution is -2.88. The van der Waals surface area contributed by atoms with Gasteiger partial charge in [-0.05, 0) is 29.3 Å². The summed E-state index contributed by atoms with van der Waals surface area (Å²) in [6.45, 7) is 4.05. The summed E-state index contributed by atoms with van der Waals surface area (Å²) in [7, 11) is -5.09. The van der Waals surface area contributed by atoms with Crippen molar-refractivity contribution in [1.82, 2.24) is 0 Å². The molecule has 0 bridgehead atoms. The molecule has 1 atom stereocenters. The molecule has 0 N–H and O–H groups in total. The van der Waals surface area contributed by atoms with Gasteiger partial charge in [0.1, 0.15) is 0 Å². The topological polar surface area (TPSA) is 9.23 Å². The standard InChI is InChI=1S/C30H30OSi2/c1-2-15-26-24-25-32(27-16-7-3-8-17-27,28-18-9-4-10-19-28)33(31-26,29-20-11-5-12-21-29)30-22-13-6-14-23-30/h2-14,16-23,26H,1,15,24-25H2. The van der Waals surface area contributed by atoms with Crippen LogP contribution < -0.4 is 20.7 Å². The Balaban J connectivity index is 1.91. The van der Waals surface area contributed by atoms with Crippen LogP contribution in [0.15, 0.2) is 134 Å². The largest absolute Gasteiger partial charge is 0.407 e. The Bertz CT molecular complexity index is 1100. The van der Waals surface area contributed by atoms with E-state index in [-0.39, 0.29) is 6.10 Å². The predicted octanol–water partition coefficient (Wildman–Crippen LogP) is 4.45. The maximum atomic E-state index is 7.54. The molecule has 164 valence electrons. The van der Waals surface area contributed by atoms with Gasteiger partial charge in [0.05, 0.1) is 0 Å². The van der Waals surface area contributed by atoms with Gasteiger partial charge in [-0.15, -0.1) is 6.58 Å². The Labute approximate surface area is 199 Å². The van der Waals surface area contributed by atoms with E-state index in [1.807, 2.05) is 6.08 Å². The van der Waals surface area contributed by atoms with Crippen LogP contribution in [-0.2, 0) is 4.43 Å². The van der Waals surface area contributed by atoms with E-state index >= 15 is 0 Å². The van der Waals surface area contributed by atoms with Crippen molar-refractivity contribution in [1.29, 1.82) is 0 Å². The van der Waals surface area contributed by atoms with Gasteiger partial charge in [-0.3, -0.25) is 0 Å². The number of benzene rings is 4. The van der Waals surface area contributed by atoms with Crippen LogP contribution in [0.5, 0.6) is 0 Å². The van der Waals surface area contributed by atoms with Crippen molar-refractivity contribution in [3.05, 3.63) is 134 Å². The average molecular weight is 463 g/mol. The van der Waals surface area contributed by atoms with Crippen LogP contribution in [0.3, 0.4) is 0 Å². The molecule has 0 radical (unpaired) electrons. The molecule has 0 aromatic heterocycles. The summed E-state index contributed by atoms with van der Waals surface area (Å²) >= 11 is 0. The van der Waals surface area contributed by atoms with Crippen LogP contribution in [0.4, 0.5) is 0 Å². The first-order chi connectivity index (χ1) is 16.3. The second kappa shape index (κ2) is 9.48. The van der Waals surface area contributed by atoms with Gasteiger partial charge >= 0.3 is 0 Å². The quantitative estimate of drug-likeness (QED) is 0.304. The summed E-state index contributed by atoms with van der Waals surface area (Å²) in [5, 5.41) is 5.72. The Kier molecular flexibility index (Phi) is 6.27. The highest BCUT2D eigenvalue weighted by atomic mass is 29.3. The van der Waals surface area contributed by atoms with Gasteiger partial charge in [0.25, 0.3) is 7.83 Å². The summed E-state index contributed by atoms with van der Waals surface area (Å²) < 4.78 is 7.54. The minimum absolute atomic E-state index is 0.197. The number of rotatable bonds is 6. The number of hydrogen-bond donors (Lipinski definition) is 0. The molecule has 1 heterocycles. The molecule has 0 aliphatic carbocycles. The monoisotopic (exact) mass is 462 g/mol. The van der Waals surface area contributed by atoms with Crippen LogP contribution in [0.25, 0.3) is 0 Å². The first-order valence-electron chi connectivity index (χ1n) is 11.8. The summed E-state index contributed by atoms with van der Waals surface area (Å²) in [6.07, 6.45) is 4.18. The lowest BCUT2D eigenvalue weighted by Gasteiger charge is -2.53. The minimum Gasteiger partial charge on any atom is -0.407 e. The van der Waals surface area contributed by atoms with Crippen molar-refractivity contribution in [3.8, 4) is 0 Å². The van der Waals surface area contributed by atoms with Crippen LogP contribution in [0, 0.1) is 0 Å². The van der Waals surface area contributed by atoms with Crippen molar-refractivity contribution < 1.29 is 4.43 Å². The zero-order chi connectivity index (χ0) is 22.6. The molecular formula is C30H30OSi2. The molecule has 1 aliphatic heterocycles. The van der Waals surface area contributed by atoms with Gasteiger partial charge in [-0.2, -0.15) is 0 Å². The maximum absolute atomic E-state index is 7.54. The molecule has 1 aliphatic rings. The fourth-order valence-electron chi connectivity index (χ4n) is 5.76. The second-order valence-electron chi connectivity index (χ2n) is 8.85. The van der Waals surface area contributed by atoms with Gasteiger partial charge in [0.15, 0.2) is 7.59 Å². The highest BCUT2D eigenvalue weighted by Gasteiger charge is 2.64. The van der Waals surface area contributed by atoms with Gasteiger partial charge < -0.3 is 4.43 Å². The molecule has 1 saturated heterocycles. The van der Waals surface area contributed by atoms with Crippen molar-refractivity contribution >= 4 is 36.2 Å². The Hall–Kier alpha value is -2.99. The van der Waals surface area contributed by atoms with Gasteiger partial charge in [0, 0.05) is 6.10 Å². The van der Waals surface area contributed by atoms with Crippen molar-refractivity contribution in [2.45, 2.75) is 25.0 Å². The van der Waals surface area contributed by atoms with Gasteiger partial charge in [-0.25, -0.2) is 0 Å². The predicted molar refractivity (Wildman–Crippen MR) is 145 cm³/mol.